The topological polar surface area (TPSA) is 28.2 Å². The quantitative estimate of drug-likeness (QED) is 0.584. The molecule has 0 spiro atoms. The van der Waals surface area contributed by atoms with Crippen molar-refractivity contribution in [3.05, 3.63) is 35.5 Å². The number of pyridine rings is 1. The van der Waals surface area contributed by atoms with E-state index in [9.17, 15) is 0 Å². The predicted molar refractivity (Wildman–Crippen MR) is 81.8 cm³/mol. The van der Waals surface area contributed by atoms with Gasteiger partial charge < -0.3 is 10.2 Å². The minimum absolute atomic E-state index is 0.708. The molecule has 0 aromatic carbocycles. The Morgan fingerprint density at radius 1 is 1.58 bits per heavy atom. The molecule has 1 N–H and O–H groups in total. The van der Waals surface area contributed by atoms with Crippen LogP contribution in [0, 0.1) is 0 Å². The zero-order chi connectivity index (χ0) is 13.7. The Balaban J connectivity index is 1.90. The number of hydrogen-bond acceptors (Lipinski definition) is 3. The maximum Gasteiger partial charge on any atom is 0.147 e. The average Bonchev–Trinajstić information content (AvgIpc) is 3.20. The van der Waals surface area contributed by atoms with E-state index in [4.69, 9.17) is 11.6 Å². The fourth-order valence-electron chi connectivity index (χ4n) is 1.98. The van der Waals surface area contributed by atoms with E-state index < -0.39 is 0 Å². The van der Waals surface area contributed by atoms with E-state index in [0.29, 0.717) is 6.04 Å². The normalized spacial score (nSPS) is 14.4. The average molecular weight is 280 g/mol. The van der Waals surface area contributed by atoms with Crippen LogP contribution in [0.4, 0.5) is 5.82 Å². The smallest absolute Gasteiger partial charge is 0.147 e. The van der Waals surface area contributed by atoms with Gasteiger partial charge in [-0.25, -0.2) is 4.98 Å². The molecular formula is C15H22ClN3. The van der Waals surface area contributed by atoms with Crippen LogP contribution in [0.15, 0.2) is 24.9 Å². The zero-order valence-electron chi connectivity index (χ0n) is 11.5. The van der Waals surface area contributed by atoms with Gasteiger partial charge in [0.1, 0.15) is 5.82 Å². The van der Waals surface area contributed by atoms with Crippen molar-refractivity contribution < 1.29 is 0 Å². The van der Waals surface area contributed by atoms with Gasteiger partial charge in [0.25, 0.3) is 0 Å². The largest absolute Gasteiger partial charge is 0.358 e. The van der Waals surface area contributed by atoms with E-state index in [0.717, 1.165) is 42.3 Å². The lowest BCUT2D eigenvalue weighted by Crippen LogP contribution is -2.20. The number of anilines is 1. The molecule has 2 rings (SSSR count). The van der Waals surface area contributed by atoms with Gasteiger partial charge in [-0.1, -0.05) is 17.7 Å². The van der Waals surface area contributed by atoms with Gasteiger partial charge in [-0.05, 0) is 37.3 Å². The first-order valence-electron chi connectivity index (χ1n) is 6.90. The van der Waals surface area contributed by atoms with E-state index >= 15 is 0 Å². The van der Waals surface area contributed by atoms with E-state index in [1.165, 1.54) is 12.8 Å². The zero-order valence-corrected chi connectivity index (χ0v) is 12.3. The van der Waals surface area contributed by atoms with Crippen molar-refractivity contribution in [3.63, 3.8) is 0 Å². The third-order valence-corrected chi connectivity index (χ3v) is 3.59. The number of nitrogens with one attached hydrogen (secondary N) is 1. The number of halogens is 1. The van der Waals surface area contributed by atoms with Crippen LogP contribution in [0.5, 0.6) is 0 Å². The Morgan fingerprint density at radius 3 is 3.00 bits per heavy atom. The third kappa shape index (κ3) is 4.51. The van der Waals surface area contributed by atoms with Gasteiger partial charge in [0, 0.05) is 32.4 Å². The molecule has 0 aliphatic heterocycles. The van der Waals surface area contributed by atoms with Crippen LogP contribution in [0.2, 0.25) is 5.02 Å². The Labute approximate surface area is 120 Å². The fourth-order valence-corrected chi connectivity index (χ4v) is 2.31. The van der Waals surface area contributed by atoms with E-state index in [1.807, 2.05) is 25.4 Å². The van der Waals surface area contributed by atoms with Crippen LogP contribution < -0.4 is 10.2 Å². The molecule has 0 bridgehead atoms. The molecule has 0 radical (unpaired) electrons. The lowest BCUT2D eigenvalue weighted by Gasteiger charge is -2.19. The molecule has 0 atom stereocenters. The molecule has 104 valence electrons. The van der Waals surface area contributed by atoms with Gasteiger partial charge in [0.05, 0.1) is 5.02 Å². The number of allylic oxidation sites excluding steroid dienone is 1. The van der Waals surface area contributed by atoms with Crippen molar-refractivity contribution in [2.75, 3.05) is 18.5 Å². The molecule has 1 heterocycles. The summed E-state index contributed by atoms with van der Waals surface area (Å²) in [5, 5.41) is 4.20. The molecule has 1 aromatic rings. The van der Waals surface area contributed by atoms with Crippen molar-refractivity contribution in [2.24, 2.45) is 0 Å². The molecular weight excluding hydrogens is 258 g/mol. The van der Waals surface area contributed by atoms with E-state index in [1.54, 1.807) is 0 Å². The molecule has 1 aliphatic rings. The van der Waals surface area contributed by atoms with Crippen molar-refractivity contribution in [2.45, 2.75) is 38.3 Å². The highest BCUT2D eigenvalue weighted by atomic mass is 35.5. The molecule has 0 saturated heterocycles. The summed E-state index contributed by atoms with van der Waals surface area (Å²) >= 11 is 6.32. The predicted octanol–water partition coefficient (Wildman–Crippen LogP) is 3.39. The van der Waals surface area contributed by atoms with Gasteiger partial charge >= 0.3 is 0 Å². The van der Waals surface area contributed by atoms with Crippen LogP contribution in [0.1, 0.15) is 31.2 Å². The summed E-state index contributed by atoms with van der Waals surface area (Å²) in [4.78, 5) is 6.58. The molecule has 1 saturated carbocycles. The fraction of sp³-hybridized carbons (Fsp3) is 0.533. The molecule has 0 unspecified atom stereocenters. The second-order valence-corrected chi connectivity index (χ2v) is 5.56. The molecule has 1 aromatic heterocycles. The summed E-state index contributed by atoms with van der Waals surface area (Å²) in [5.74, 6) is 0.862. The number of hydrogen-bond donors (Lipinski definition) is 1. The molecule has 3 nitrogen and oxygen atoms in total. The van der Waals surface area contributed by atoms with Gasteiger partial charge in [-0.2, -0.15) is 0 Å². The summed E-state index contributed by atoms with van der Waals surface area (Å²) in [6, 6.07) is 2.73. The Kier molecular flexibility index (Phi) is 5.23. The monoisotopic (exact) mass is 279 g/mol. The lowest BCUT2D eigenvalue weighted by atomic mass is 10.2. The van der Waals surface area contributed by atoms with Crippen molar-refractivity contribution >= 4 is 17.4 Å². The molecule has 1 aliphatic carbocycles. The second-order valence-electron chi connectivity index (χ2n) is 5.16. The molecule has 4 heteroatoms. The first-order chi connectivity index (χ1) is 9.20. The molecule has 19 heavy (non-hydrogen) atoms. The number of rotatable bonds is 8. The van der Waals surface area contributed by atoms with Gasteiger partial charge in [-0.3, -0.25) is 0 Å². The van der Waals surface area contributed by atoms with Gasteiger partial charge in [0.2, 0.25) is 0 Å². The highest BCUT2D eigenvalue weighted by Gasteiger charge is 2.20. The third-order valence-electron chi connectivity index (χ3n) is 3.31. The lowest BCUT2D eigenvalue weighted by molar-refractivity contribution is 0.685. The summed E-state index contributed by atoms with van der Waals surface area (Å²) in [5.41, 5.74) is 1.15. The summed E-state index contributed by atoms with van der Waals surface area (Å²) in [6.07, 6.45) is 8.54. The van der Waals surface area contributed by atoms with E-state index in [2.05, 4.69) is 21.8 Å². The van der Waals surface area contributed by atoms with Crippen LogP contribution in [0.25, 0.3) is 0 Å². The van der Waals surface area contributed by atoms with Crippen LogP contribution in [-0.2, 0) is 6.54 Å². The molecule has 0 amide bonds. The minimum atomic E-state index is 0.708. The van der Waals surface area contributed by atoms with Crippen LogP contribution >= 0.6 is 11.6 Å². The molecule has 1 fully saturated rings. The van der Waals surface area contributed by atoms with Crippen LogP contribution in [0.3, 0.4) is 0 Å². The summed E-state index contributed by atoms with van der Waals surface area (Å²) in [7, 11) is 2.03. The highest BCUT2D eigenvalue weighted by Crippen LogP contribution is 2.24. The SMILES string of the molecule is C=CCCCN(C)c1ncc(CNC2CC2)cc1Cl. The number of unbranched alkanes of at least 4 members (excludes halogenated alkanes) is 1. The number of aromatic nitrogens is 1. The van der Waals surface area contributed by atoms with Crippen molar-refractivity contribution in [3.8, 4) is 0 Å². The first kappa shape index (κ1) is 14.4. The second kappa shape index (κ2) is 6.92. The Hall–Kier alpha value is -1.06. The Morgan fingerprint density at radius 2 is 2.37 bits per heavy atom. The highest BCUT2D eigenvalue weighted by molar-refractivity contribution is 6.33. The van der Waals surface area contributed by atoms with Crippen molar-refractivity contribution in [1.29, 1.82) is 0 Å². The maximum atomic E-state index is 6.32. The first-order valence-corrected chi connectivity index (χ1v) is 7.28. The summed E-state index contributed by atoms with van der Waals surface area (Å²) in [6.45, 7) is 5.53. The van der Waals surface area contributed by atoms with Crippen molar-refractivity contribution in [1.82, 2.24) is 10.3 Å². The number of nitrogens with zero attached hydrogens (tertiary/aromatic N) is 2. The van der Waals surface area contributed by atoms with Gasteiger partial charge in [-0.15, -0.1) is 6.58 Å². The van der Waals surface area contributed by atoms with E-state index in [-0.39, 0.29) is 0 Å². The maximum absolute atomic E-state index is 6.32. The van der Waals surface area contributed by atoms with Crippen LogP contribution in [-0.4, -0.2) is 24.6 Å². The Bertz CT molecular complexity index is 429. The van der Waals surface area contributed by atoms with Gasteiger partial charge in [0.15, 0.2) is 0 Å². The standard InChI is InChI=1S/C15H22ClN3/c1-3-4-5-8-19(2)15-14(16)9-12(11-18-15)10-17-13-6-7-13/h3,9,11,13,17H,1,4-8,10H2,2H3. The summed E-state index contributed by atoms with van der Waals surface area (Å²) < 4.78 is 0. The minimum Gasteiger partial charge on any atom is -0.358 e.